The molecule has 5 rings (SSSR count). The van der Waals surface area contributed by atoms with Gasteiger partial charge in [-0.25, -0.2) is 4.98 Å². The van der Waals surface area contributed by atoms with E-state index in [-0.39, 0.29) is 23.1 Å². The molecular formula is C22H24N4O3S3. The first-order chi connectivity index (χ1) is 15.6. The number of nitrogens with zero attached hydrogens (tertiary/aromatic N) is 1. The first-order valence-electron chi connectivity index (χ1n) is 10.9. The molecule has 0 unspecified atom stereocenters. The summed E-state index contributed by atoms with van der Waals surface area (Å²) in [6.07, 6.45) is 8.72. The zero-order valence-electron chi connectivity index (χ0n) is 17.5. The van der Waals surface area contributed by atoms with E-state index in [9.17, 15) is 14.4 Å². The van der Waals surface area contributed by atoms with Gasteiger partial charge in [-0.3, -0.25) is 25.2 Å². The number of hydrogen-bond acceptors (Lipinski definition) is 7. The van der Waals surface area contributed by atoms with Gasteiger partial charge in [0.15, 0.2) is 0 Å². The van der Waals surface area contributed by atoms with Crippen LogP contribution in [-0.2, 0) is 36.2 Å². The highest BCUT2D eigenvalue weighted by Crippen LogP contribution is 2.34. The fourth-order valence-electron chi connectivity index (χ4n) is 4.36. The van der Waals surface area contributed by atoms with Gasteiger partial charge in [-0.05, 0) is 62.1 Å². The fourth-order valence-corrected chi connectivity index (χ4v) is 7.48. The minimum atomic E-state index is -0.292. The van der Waals surface area contributed by atoms with Gasteiger partial charge >= 0.3 is 0 Å². The predicted octanol–water partition coefficient (Wildman–Crippen LogP) is 3.50. The number of nitrogens with one attached hydrogen (secondary N) is 3. The number of amides is 2. The number of carbonyl (C=O) groups excluding carboxylic acids is 2. The highest BCUT2D eigenvalue weighted by Gasteiger charge is 2.21. The molecule has 3 aromatic rings. The van der Waals surface area contributed by atoms with Crippen LogP contribution in [0.1, 0.15) is 62.1 Å². The van der Waals surface area contributed by atoms with Crippen molar-refractivity contribution in [3.05, 3.63) is 48.0 Å². The number of aryl methyl sites for hydroxylation is 4. The summed E-state index contributed by atoms with van der Waals surface area (Å²) in [5.74, 6) is 0.587. The highest BCUT2D eigenvalue weighted by atomic mass is 32.2. The summed E-state index contributed by atoms with van der Waals surface area (Å²) in [6.45, 7) is 0. The summed E-state index contributed by atoms with van der Waals surface area (Å²) in [5, 5.41) is 0.739. The first kappa shape index (κ1) is 21.7. The molecule has 2 amide bonds. The summed E-state index contributed by atoms with van der Waals surface area (Å²) in [6, 6.07) is 1.96. The molecule has 0 bridgehead atoms. The summed E-state index contributed by atoms with van der Waals surface area (Å²) in [4.78, 5) is 48.5. The van der Waals surface area contributed by atoms with Gasteiger partial charge in [-0.2, -0.15) is 0 Å². The van der Waals surface area contributed by atoms with Crippen molar-refractivity contribution in [2.75, 3.05) is 5.75 Å². The summed E-state index contributed by atoms with van der Waals surface area (Å²) < 4.78 is 0. The van der Waals surface area contributed by atoms with Gasteiger partial charge in [0.25, 0.3) is 11.5 Å². The molecule has 0 saturated carbocycles. The van der Waals surface area contributed by atoms with E-state index in [0.717, 1.165) is 47.9 Å². The SMILES string of the molecule is O=C(CSCc1nc2sc3c(c2c(=O)[nH]1)CCC3)NNC(=O)c1cc2c(s1)CCCCC2. The maximum atomic E-state index is 12.5. The van der Waals surface area contributed by atoms with Gasteiger partial charge in [-0.15, -0.1) is 34.4 Å². The second-order valence-electron chi connectivity index (χ2n) is 8.16. The van der Waals surface area contributed by atoms with Crippen molar-refractivity contribution in [1.82, 2.24) is 20.8 Å². The molecule has 0 saturated heterocycles. The number of H-pyrrole nitrogens is 1. The summed E-state index contributed by atoms with van der Waals surface area (Å²) in [5.41, 5.74) is 7.35. The molecule has 3 N–H and O–H groups in total. The third-order valence-electron chi connectivity index (χ3n) is 5.88. The van der Waals surface area contributed by atoms with E-state index in [4.69, 9.17) is 0 Å². The van der Waals surface area contributed by atoms with E-state index >= 15 is 0 Å². The van der Waals surface area contributed by atoms with Gasteiger partial charge in [0.05, 0.1) is 21.8 Å². The monoisotopic (exact) mass is 488 g/mol. The molecule has 2 aliphatic carbocycles. The number of hydrazine groups is 1. The Morgan fingerprint density at radius 2 is 1.88 bits per heavy atom. The predicted molar refractivity (Wildman–Crippen MR) is 130 cm³/mol. The third-order valence-corrected chi connectivity index (χ3v) is 9.25. The molecule has 3 heterocycles. The second-order valence-corrected chi connectivity index (χ2v) is 11.4. The van der Waals surface area contributed by atoms with Crippen LogP contribution in [0.25, 0.3) is 10.2 Å². The quantitative estimate of drug-likeness (QED) is 0.377. The van der Waals surface area contributed by atoms with Crippen LogP contribution in [0.2, 0.25) is 0 Å². The number of thioether (sulfide) groups is 1. The molecule has 0 atom stereocenters. The normalized spacial score (nSPS) is 15.2. The van der Waals surface area contributed by atoms with Crippen LogP contribution in [0.15, 0.2) is 10.9 Å². The molecule has 0 fully saturated rings. The van der Waals surface area contributed by atoms with Gasteiger partial charge in [0.2, 0.25) is 5.91 Å². The lowest BCUT2D eigenvalue weighted by Crippen LogP contribution is -2.42. The van der Waals surface area contributed by atoms with Crippen molar-refractivity contribution < 1.29 is 9.59 Å². The number of hydrogen-bond donors (Lipinski definition) is 3. The zero-order chi connectivity index (χ0) is 22.1. The molecular weight excluding hydrogens is 464 g/mol. The molecule has 2 aliphatic rings. The van der Waals surface area contributed by atoms with E-state index < -0.39 is 0 Å². The topological polar surface area (TPSA) is 104 Å². The molecule has 0 aromatic carbocycles. The molecule has 3 aromatic heterocycles. The largest absolute Gasteiger partial charge is 0.309 e. The van der Waals surface area contributed by atoms with Gasteiger partial charge < -0.3 is 4.98 Å². The molecule has 0 radical (unpaired) electrons. The fraction of sp³-hybridized carbons (Fsp3) is 0.455. The van der Waals surface area contributed by atoms with Crippen LogP contribution in [0.4, 0.5) is 0 Å². The third kappa shape index (κ3) is 4.49. The number of rotatable bonds is 5. The van der Waals surface area contributed by atoms with E-state index in [0.29, 0.717) is 16.5 Å². The first-order valence-corrected chi connectivity index (χ1v) is 13.7. The lowest BCUT2D eigenvalue weighted by atomic mass is 10.1. The molecule has 168 valence electrons. The minimum Gasteiger partial charge on any atom is -0.309 e. The van der Waals surface area contributed by atoms with Crippen LogP contribution < -0.4 is 16.4 Å². The lowest BCUT2D eigenvalue weighted by Gasteiger charge is -2.06. The van der Waals surface area contributed by atoms with Crippen molar-refractivity contribution in [3.63, 3.8) is 0 Å². The zero-order valence-corrected chi connectivity index (χ0v) is 20.0. The Hall–Kier alpha value is -2.17. The van der Waals surface area contributed by atoms with Crippen LogP contribution in [-0.4, -0.2) is 27.5 Å². The van der Waals surface area contributed by atoms with Gasteiger partial charge in [0.1, 0.15) is 10.7 Å². The Kier molecular flexibility index (Phi) is 6.34. The van der Waals surface area contributed by atoms with E-state index in [1.807, 2.05) is 6.07 Å². The average molecular weight is 489 g/mol. The van der Waals surface area contributed by atoms with E-state index in [2.05, 4.69) is 20.8 Å². The van der Waals surface area contributed by atoms with E-state index in [1.54, 1.807) is 11.3 Å². The van der Waals surface area contributed by atoms with Crippen LogP contribution >= 0.6 is 34.4 Å². The Bertz CT molecular complexity index is 1220. The molecule has 7 nitrogen and oxygen atoms in total. The number of fused-ring (bicyclic) bond motifs is 4. The lowest BCUT2D eigenvalue weighted by molar-refractivity contribution is -0.119. The smallest absolute Gasteiger partial charge is 0.279 e. The van der Waals surface area contributed by atoms with E-state index in [1.165, 1.54) is 57.7 Å². The van der Waals surface area contributed by atoms with Crippen LogP contribution in [0.3, 0.4) is 0 Å². The maximum Gasteiger partial charge on any atom is 0.279 e. The van der Waals surface area contributed by atoms with Crippen LogP contribution in [0, 0.1) is 0 Å². The summed E-state index contributed by atoms with van der Waals surface area (Å²) >= 11 is 4.48. The molecule has 10 heteroatoms. The van der Waals surface area contributed by atoms with Crippen LogP contribution in [0.5, 0.6) is 0 Å². The van der Waals surface area contributed by atoms with Crippen molar-refractivity contribution in [2.24, 2.45) is 0 Å². The number of aromatic amines is 1. The van der Waals surface area contributed by atoms with Gasteiger partial charge in [0, 0.05) is 9.75 Å². The molecule has 0 aliphatic heterocycles. The Labute approximate surface area is 197 Å². The maximum absolute atomic E-state index is 12.5. The van der Waals surface area contributed by atoms with Crippen molar-refractivity contribution >= 4 is 56.5 Å². The average Bonchev–Trinajstić information content (AvgIpc) is 3.43. The number of carbonyl (C=O) groups is 2. The van der Waals surface area contributed by atoms with Gasteiger partial charge in [-0.1, -0.05) is 6.42 Å². The van der Waals surface area contributed by atoms with Crippen molar-refractivity contribution in [1.29, 1.82) is 0 Å². The minimum absolute atomic E-state index is 0.0870. The second kappa shape index (κ2) is 9.36. The standard InChI is InChI=1S/C22H24N4O3S3/c27-18(25-26-20(28)16-9-12-5-2-1-3-7-14(12)31-16)11-30-10-17-23-21(29)19-13-6-4-8-15(13)32-22(19)24-17/h9H,1-8,10-11H2,(H,25,27)(H,26,28)(H,23,24,29). The summed E-state index contributed by atoms with van der Waals surface area (Å²) in [7, 11) is 0. The Balaban J connectivity index is 1.12. The van der Waals surface area contributed by atoms with Crippen molar-refractivity contribution in [2.45, 2.75) is 57.1 Å². The Morgan fingerprint density at radius 1 is 1.03 bits per heavy atom. The molecule has 32 heavy (non-hydrogen) atoms. The number of thiophene rings is 2. The number of aromatic nitrogens is 2. The Morgan fingerprint density at radius 3 is 2.78 bits per heavy atom. The van der Waals surface area contributed by atoms with Crippen molar-refractivity contribution in [3.8, 4) is 0 Å². The highest BCUT2D eigenvalue weighted by molar-refractivity contribution is 7.99. The molecule has 0 spiro atoms.